The van der Waals surface area contributed by atoms with Crippen LogP contribution in [0.2, 0.25) is 0 Å². The van der Waals surface area contributed by atoms with Crippen molar-refractivity contribution in [3.05, 3.63) is 29.8 Å². The molecule has 5 N–H and O–H groups in total. The molecule has 21 heavy (non-hydrogen) atoms. The Kier molecular flexibility index (Phi) is 4.76. The van der Waals surface area contributed by atoms with Gasteiger partial charge in [-0.05, 0) is 17.7 Å². The first kappa shape index (κ1) is 15.7. The fourth-order valence-electron chi connectivity index (χ4n) is 2.09. The van der Waals surface area contributed by atoms with E-state index in [1.54, 1.807) is 0 Å². The van der Waals surface area contributed by atoms with E-state index in [1.807, 2.05) is 0 Å². The van der Waals surface area contributed by atoms with Crippen LogP contribution in [0.4, 0.5) is 5.69 Å². The van der Waals surface area contributed by atoms with Crippen molar-refractivity contribution in [2.45, 2.75) is 30.6 Å². The van der Waals surface area contributed by atoms with Gasteiger partial charge in [-0.2, -0.15) is 0 Å². The summed E-state index contributed by atoms with van der Waals surface area (Å²) in [5, 5.41) is 51.6. The third kappa shape index (κ3) is 3.31. The zero-order valence-electron chi connectivity index (χ0n) is 10.9. The molecule has 1 aromatic rings. The lowest BCUT2D eigenvalue weighted by atomic mass is 9.98. The molecule has 1 aliphatic rings. The fourth-order valence-corrected chi connectivity index (χ4v) is 2.09. The predicted octanol–water partition coefficient (Wildman–Crippen LogP) is -2.74. The zero-order valence-corrected chi connectivity index (χ0v) is 10.9. The van der Waals surface area contributed by atoms with Crippen LogP contribution >= 0.6 is 0 Å². The van der Waals surface area contributed by atoms with Crippen molar-refractivity contribution in [1.82, 2.24) is 0 Å². The van der Waals surface area contributed by atoms with Crippen molar-refractivity contribution in [1.29, 1.82) is 0 Å². The standard InChI is InChI=1S/C13H17NO7/c15-5-8-9(16)10(17)11(18)12(21-8)14-7-3-1-6(2-4-7)13(19)20/h1-4,8-12,14-18H,5H2,(H,19,20)/p-1. The second-order valence-electron chi connectivity index (χ2n) is 4.76. The van der Waals surface area contributed by atoms with Gasteiger partial charge in [0.2, 0.25) is 0 Å². The Labute approximate surface area is 120 Å². The summed E-state index contributed by atoms with van der Waals surface area (Å²) in [7, 11) is 0. The molecular formula is C13H16NO7-. The average Bonchev–Trinajstić information content (AvgIpc) is 2.48. The van der Waals surface area contributed by atoms with Crippen molar-refractivity contribution in [3.8, 4) is 0 Å². The molecule has 1 fully saturated rings. The number of carboxylic acid groups (broad SMARTS) is 1. The Morgan fingerprint density at radius 2 is 1.76 bits per heavy atom. The first-order chi connectivity index (χ1) is 9.93. The van der Waals surface area contributed by atoms with E-state index < -0.39 is 43.2 Å². The highest BCUT2D eigenvalue weighted by Gasteiger charge is 2.43. The van der Waals surface area contributed by atoms with Gasteiger partial charge in [0.05, 0.1) is 12.6 Å². The lowest BCUT2D eigenvalue weighted by Crippen LogP contribution is -2.60. The van der Waals surface area contributed by atoms with Crippen LogP contribution in [0.15, 0.2) is 24.3 Å². The molecule has 8 heteroatoms. The highest BCUT2D eigenvalue weighted by molar-refractivity contribution is 5.86. The number of benzene rings is 1. The Morgan fingerprint density at radius 1 is 1.14 bits per heavy atom. The summed E-state index contributed by atoms with van der Waals surface area (Å²) in [6.45, 7) is -0.521. The van der Waals surface area contributed by atoms with Gasteiger partial charge >= 0.3 is 0 Å². The van der Waals surface area contributed by atoms with Crippen molar-refractivity contribution in [2.24, 2.45) is 0 Å². The number of aromatic carboxylic acids is 1. The molecule has 0 radical (unpaired) electrons. The van der Waals surface area contributed by atoms with E-state index in [2.05, 4.69) is 5.32 Å². The minimum absolute atomic E-state index is 0.00523. The molecule has 1 heterocycles. The SMILES string of the molecule is O=C([O-])c1ccc(NC2OC(CO)C(O)C(O)C2O)cc1. The molecule has 5 atom stereocenters. The minimum atomic E-state index is -1.48. The maximum Gasteiger partial charge on any atom is 0.157 e. The fraction of sp³-hybridized carbons (Fsp3) is 0.462. The monoisotopic (exact) mass is 298 g/mol. The van der Waals surface area contributed by atoms with Crippen LogP contribution in [0.25, 0.3) is 0 Å². The summed E-state index contributed by atoms with van der Waals surface area (Å²) in [4.78, 5) is 10.6. The Balaban J connectivity index is 2.08. The van der Waals surface area contributed by atoms with Gasteiger partial charge in [0.25, 0.3) is 0 Å². The summed E-state index contributed by atoms with van der Waals surface area (Å²) in [5.41, 5.74) is 0.429. The Bertz CT molecular complexity index is 490. The highest BCUT2D eigenvalue weighted by atomic mass is 16.6. The average molecular weight is 298 g/mol. The van der Waals surface area contributed by atoms with Crippen LogP contribution in [0, 0.1) is 0 Å². The summed E-state index contributed by atoms with van der Waals surface area (Å²) in [6.07, 6.45) is -6.39. The molecule has 0 bridgehead atoms. The van der Waals surface area contributed by atoms with Crippen molar-refractivity contribution in [2.75, 3.05) is 11.9 Å². The number of aliphatic hydroxyl groups is 4. The van der Waals surface area contributed by atoms with Crippen LogP contribution in [0.3, 0.4) is 0 Å². The maximum atomic E-state index is 10.6. The molecule has 5 unspecified atom stereocenters. The lowest BCUT2D eigenvalue weighted by molar-refractivity contribution is -0.255. The smallest absolute Gasteiger partial charge is 0.157 e. The van der Waals surface area contributed by atoms with Crippen LogP contribution in [-0.2, 0) is 4.74 Å². The van der Waals surface area contributed by atoms with Gasteiger partial charge in [-0.1, -0.05) is 12.1 Å². The van der Waals surface area contributed by atoms with Gasteiger partial charge < -0.3 is 40.4 Å². The first-order valence-electron chi connectivity index (χ1n) is 6.32. The van der Waals surface area contributed by atoms with Gasteiger partial charge in [0, 0.05) is 5.69 Å². The molecule has 1 saturated heterocycles. The molecule has 0 spiro atoms. The lowest BCUT2D eigenvalue weighted by Gasteiger charge is -2.40. The summed E-state index contributed by atoms with van der Waals surface area (Å²) >= 11 is 0. The molecule has 0 amide bonds. The Morgan fingerprint density at radius 3 is 2.29 bits per heavy atom. The minimum Gasteiger partial charge on any atom is -0.545 e. The van der Waals surface area contributed by atoms with Gasteiger partial charge in [-0.25, -0.2) is 0 Å². The number of hydrogen-bond acceptors (Lipinski definition) is 8. The van der Waals surface area contributed by atoms with Crippen molar-refractivity contribution < 1.29 is 35.1 Å². The number of nitrogens with one attached hydrogen (secondary N) is 1. The van der Waals surface area contributed by atoms with Crippen LogP contribution in [0.1, 0.15) is 10.4 Å². The van der Waals surface area contributed by atoms with Gasteiger partial charge in [-0.15, -0.1) is 0 Å². The number of carbonyl (C=O) groups excluding carboxylic acids is 1. The molecule has 1 aromatic carbocycles. The van der Waals surface area contributed by atoms with Crippen molar-refractivity contribution in [3.63, 3.8) is 0 Å². The zero-order chi connectivity index (χ0) is 15.6. The number of anilines is 1. The molecule has 0 aliphatic carbocycles. The van der Waals surface area contributed by atoms with Crippen LogP contribution in [-0.4, -0.2) is 63.6 Å². The third-order valence-corrected chi connectivity index (χ3v) is 3.32. The number of carboxylic acids is 1. The van der Waals surface area contributed by atoms with Gasteiger partial charge in [0.1, 0.15) is 24.4 Å². The molecule has 0 saturated carbocycles. The van der Waals surface area contributed by atoms with E-state index in [1.165, 1.54) is 24.3 Å². The molecule has 0 aromatic heterocycles. The number of hydrogen-bond donors (Lipinski definition) is 5. The molecular weight excluding hydrogens is 282 g/mol. The molecule has 8 nitrogen and oxygen atoms in total. The summed E-state index contributed by atoms with van der Waals surface area (Å²) in [5.74, 6) is -1.31. The topological polar surface area (TPSA) is 142 Å². The third-order valence-electron chi connectivity index (χ3n) is 3.32. The van der Waals surface area contributed by atoms with E-state index in [9.17, 15) is 25.2 Å². The van der Waals surface area contributed by atoms with E-state index in [0.29, 0.717) is 5.69 Å². The van der Waals surface area contributed by atoms with Crippen LogP contribution < -0.4 is 10.4 Å². The van der Waals surface area contributed by atoms with E-state index >= 15 is 0 Å². The summed E-state index contributed by atoms with van der Waals surface area (Å²) < 4.78 is 5.26. The van der Waals surface area contributed by atoms with E-state index in [4.69, 9.17) is 9.84 Å². The predicted molar refractivity (Wildman–Crippen MR) is 68.2 cm³/mol. The van der Waals surface area contributed by atoms with Crippen LogP contribution in [0.5, 0.6) is 0 Å². The largest absolute Gasteiger partial charge is 0.545 e. The Hall–Kier alpha value is -1.71. The number of ether oxygens (including phenoxy) is 1. The second kappa shape index (κ2) is 6.37. The molecule has 2 rings (SSSR count). The van der Waals surface area contributed by atoms with E-state index in [-0.39, 0.29) is 5.56 Å². The number of carbonyl (C=O) groups is 1. The van der Waals surface area contributed by atoms with Gasteiger partial charge in [-0.3, -0.25) is 0 Å². The first-order valence-corrected chi connectivity index (χ1v) is 6.32. The molecule has 1 aliphatic heterocycles. The summed E-state index contributed by atoms with van der Waals surface area (Å²) in [6, 6.07) is 5.49. The second-order valence-corrected chi connectivity index (χ2v) is 4.76. The quantitative estimate of drug-likeness (QED) is 0.403. The number of rotatable bonds is 4. The van der Waals surface area contributed by atoms with Gasteiger partial charge in [0.15, 0.2) is 6.23 Å². The van der Waals surface area contributed by atoms with E-state index in [0.717, 1.165) is 0 Å². The highest BCUT2D eigenvalue weighted by Crippen LogP contribution is 2.23. The normalized spacial score (nSPS) is 32.7. The molecule has 116 valence electrons. The maximum absolute atomic E-state index is 10.6. The van der Waals surface area contributed by atoms with Crippen molar-refractivity contribution >= 4 is 11.7 Å². The number of aliphatic hydroxyl groups excluding tert-OH is 4.